The second-order valence-electron chi connectivity index (χ2n) is 3.65. The summed E-state index contributed by atoms with van der Waals surface area (Å²) in [5.74, 6) is -0.564. The van der Waals surface area contributed by atoms with Crippen LogP contribution in [0.25, 0.3) is 0 Å². The maximum atomic E-state index is 13.4. The average molecular weight is 209 g/mol. The minimum atomic E-state index is -0.553. The van der Waals surface area contributed by atoms with E-state index in [1.165, 1.54) is 11.0 Å². The highest BCUT2D eigenvalue weighted by Gasteiger charge is 2.26. The molecule has 0 bridgehead atoms. The normalized spacial score (nSPS) is 21.9. The van der Waals surface area contributed by atoms with Crippen LogP contribution >= 0.6 is 0 Å². The number of hydrogen-bond donors (Lipinski definition) is 1. The van der Waals surface area contributed by atoms with Gasteiger partial charge in [0.2, 0.25) is 5.91 Å². The molecular formula is C11H12FNO2. The molecule has 1 aromatic rings. The molecule has 1 fully saturated rings. The van der Waals surface area contributed by atoms with Gasteiger partial charge in [0.25, 0.3) is 0 Å². The van der Waals surface area contributed by atoms with Gasteiger partial charge in [0.05, 0.1) is 18.3 Å². The zero-order chi connectivity index (χ0) is 10.8. The molecule has 0 saturated carbocycles. The number of rotatable bonds is 1. The first kappa shape index (κ1) is 10.1. The third kappa shape index (κ3) is 1.99. The van der Waals surface area contributed by atoms with Crippen LogP contribution in [0, 0.1) is 5.82 Å². The summed E-state index contributed by atoms with van der Waals surface area (Å²) in [6.45, 7) is 0.180. The standard InChI is InChI=1S/C11H12FNO2/c12-9-3-1-2-4-10(9)13-7-8(14)5-6-11(13)15/h1-4,8,14H,5-7H2. The van der Waals surface area contributed by atoms with Crippen LogP contribution in [0.1, 0.15) is 12.8 Å². The summed E-state index contributed by atoms with van der Waals surface area (Å²) in [6, 6.07) is 6.10. The molecule has 15 heavy (non-hydrogen) atoms. The van der Waals surface area contributed by atoms with Crippen molar-refractivity contribution in [2.75, 3.05) is 11.4 Å². The van der Waals surface area contributed by atoms with Crippen molar-refractivity contribution in [2.24, 2.45) is 0 Å². The number of amides is 1. The monoisotopic (exact) mass is 209 g/mol. The van der Waals surface area contributed by atoms with E-state index in [1.807, 2.05) is 0 Å². The zero-order valence-electron chi connectivity index (χ0n) is 8.19. The lowest BCUT2D eigenvalue weighted by Gasteiger charge is -2.30. The number of anilines is 1. The van der Waals surface area contributed by atoms with Crippen molar-refractivity contribution in [2.45, 2.75) is 18.9 Å². The van der Waals surface area contributed by atoms with Gasteiger partial charge >= 0.3 is 0 Å². The van der Waals surface area contributed by atoms with Gasteiger partial charge in [-0.3, -0.25) is 4.79 Å². The van der Waals surface area contributed by atoms with Crippen molar-refractivity contribution in [1.82, 2.24) is 0 Å². The fourth-order valence-corrected chi connectivity index (χ4v) is 1.73. The Morgan fingerprint density at radius 3 is 2.87 bits per heavy atom. The number of aliphatic hydroxyl groups excluding tert-OH is 1. The molecule has 3 nitrogen and oxygen atoms in total. The van der Waals surface area contributed by atoms with Crippen molar-refractivity contribution >= 4 is 11.6 Å². The Hall–Kier alpha value is -1.42. The number of para-hydroxylation sites is 1. The van der Waals surface area contributed by atoms with E-state index in [4.69, 9.17) is 0 Å². The quantitative estimate of drug-likeness (QED) is 0.757. The molecule has 0 radical (unpaired) electrons. The largest absolute Gasteiger partial charge is 0.391 e. The van der Waals surface area contributed by atoms with Gasteiger partial charge in [-0.1, -0.05) is 12.1 Å². The molecule has 1 aliphatic rings. The number of benzene rings is 1. The summed E-state index contributed by atoms with van der Waals surface area (Å²) in [5, 5.41) is 9.43. The van der Waals surface area contributed by atoms with Crippen molar-refractivity contribution in [3.63, 3.8) is 0 Å². The van der Waals surface area contributed by atoms with E-state index >= 15 is 0 Å². The molecule has 1 aliphatic heterocycles. The van der Waals surface area contributed by atoms with Gasteiger partial charge in [0.15, 0.2) is 0 Å². The van der Waals surface area contributed by atoms with Gasteiger partial charge in [0, 0.05) is 6.42 Å². The molecule has 0 aliphatic carbocycles. The Labute approximate surface area is 87.1 Å². The van der Waals surface area contributed by atoms with Crippen molar-refractivity contribution in [3.05, 3.63) is 30.1 Å². The SMILES string of the molecule is O=C1CCC(O)CN1c1ccccc1F. The van der Waals surface area contributed by atoms with Crippen molar-refractivity contribution in [1.29, 1.82) is 0 Å². The number of carbonyl (C=O) groups is 1. The molecule has 1 N–H and O–H groups in total. The zero-order valence-corrected chi connectivity index (χ0v) is 8.19. The number of nitrogens with zero attached hydrogens (tertiary/aromatic N) is 1. The molecule has 0 aromatic heterocycles. The smallest absolute Gasteiger partial charge is 0.227 e. The number of aliphatic hydroxyl groups is 1. The summed E-state index contributed by atoms with van der Waals surface area (Å²) in [6.07, 6.45) is 0.182. The molecule has 1 amide bonds. The Balaban J connectivity index is 2.29. The molecular weight excluding hydrogens is 197 g/mol. The second kappa shape index (κ2) is 3.98. The molecule has 4 heteroatoms. The highest BCUT2D eigenvalue weighted by Crippen LogP contribution is 2.23. The molecule has 1 unspecified atom stereocenters. The van der Waals surface area contributed by atoms with Gasteiger partial charge in [-0.25, -0.2) is 4.39 Å². The van der Waals surface area contributed by atoms with E-state index in [-0.39, 0.29) is 24.6 Å². The van der Waals surface area contributed by atoms with Crippen LogP contribution in [0.2, 0.25) is 0 Å². The van der Waals surface area contributed by atoms with E-state index in [9.17, 15) is 14.3 Å². The van der Waals surface area contributed by atoms with Crippen LogP contribution in [0.15, 0.2) is 24.3 Å². The molecule has 2 rings (SSSR count). The molecule has 1 saturated heterocycles. The van der Waals surface area contributed by atoms with E-state index in [1.54, 1.807) is 18.2 Å². The Kier molecular flexibility index (Phi) is 2.68. The molecule has 1 heterocycles. The maximum Gasteiger partial charge on any atom is 0.227 e. The van der Waals surface area contributed by atoms with Gasteiger partial charge in [-0.2, -0.15) is 0 Å². The minimum Gasteiger partial charge on any atom is -0.391 e. The predicted molar refractivity (Wildman–Crippen MR) is 54.0 cm³/mol. The highest BCUT2D eigenvalue weighted by molar-refractivity contribution is 5.94. The fraction of sp³-hybridized carbons (Fsp3) is 0.364. The second-order valence-corrected chi connectivity index (χ2v) is 3.65. The highest BCUT2D eigenvalue weighted by atomic mass is 19.1. The van der Waals surface area contributed by atoms with Crippen molar-refractivity contribution < 1.29 is 14.3 Å². The number of piperidine rings is 1. The number of halogens is 1. The van der Waals surface area contributed by atoms with Crippen LogP contribution in [-0.4, -0.2) is 23.7 Å². The first-order chi connectivity index (χ1) is 7.18. The van der Waals surface area contributed by atoms with E-state index in [0.717, 1.165) is 0 Å². The number of hydrogen-bond acceptors (Lipinski definition) is 2. The summed E-state index contributed by atoms with van der Waals surface area (Å²) >= 11 is 0. The Morgan fingerprint density at radius 1 is 1.40 bits per heavy atom. The van der Waals surface area contributed by atoms with Crippen LogP contribution < -0.4 is 4.90 Å². The predicted octanol–water partition coefficient (Wildman–Crippen LogP) is 1.31. The summed E-state index contributed by atoms with van der Waals surface area (Å²) in [5.41, 5.74) is 0.251. The fourth-order valence-electron chi connectivity index (χ4n) is 1.73. The minimum absolute atomic E-state index is 0.134. The summed E-state index contributed by atoms with van der Waals surface area (Å²) < 4.78 is 13.4. The molecule has 80 valence electrons. The summed E-state index contributed by atoms with van der Waals surface area (Å²) in [7, 11) is 0. The van der Waals surface area contributed by atoms with Crippen molar-refractivity contribution in [3.8, 4) is 0 Å². The average Bonchev–Trinajstić information content (AvgIpc) is 2.23. The van der Waals surface area contributed by atoms with Crippen LogP contribution in [-0.2, 0) is 4.79 Å². The maximum absolute atomic E-state index is 13.4. The van der Waals surface area contributed by atoms with Crippen LogP contribution in [0.4, 0.5) is 10.1 Å². The lowest BCUT2D eigenvalue weighted by Crippen LogP contribution is -2.42. The van der Waals surface area contributed by atoms with E-state index < -0.39 is 11.9 Å². The van der Waals surface area contributed by atoms with Crippen LogP contribution in [0.5, 0.6) is 0 Å². The molecule has 0 spiro atoms. The topological polar surface area (TPSA) is 40.5 Å². The first-order valence-corrected chi connectivity index (χ1v) is 4.91. The molecule has 1 aromatic carbocycles. The molecule has 1 atom stereocenters. The lowest BCUT2D eigenvalue weighted by atomic mass is 10.1. The third-order valence-electron chi connectivity index (χ3n) is 2.53. The van der Waals surface area contributed by atoms with E-state index in [2.05, 4.69) is 0 Å². The van der Waals surface area contributed by atoms with Gasteiger partial charge < -0.3 is 10.0 Å². The van der Waals surface area contributed by atoms with E-state index in [0.29, 0.717) is 6.42 Å². The Morgan fingerprint density at radius 2 is 2.13 bits per heavy atom. The number of β-amino-alcohol motifs (C(OH)–C–C–N with tert-alkyl or cyclic N) is 1. The van der Waals surface area contributed by atoms with Gasteiger partial charge in [-0.15, -0.1) is 0 Å². The summed E-state index contributed by atoms with van der Waals surface area (Å²) in [4.78, 5) is 12.8. The third-order valence-corrected chi connectivity index (χ3v) is 2.53. The number of carbonyl (C=O) groups excluding carboxylic acids is 1. The van der Waals surface area contributed by atoms with Gasteiger partial charge in [-0.05, 0) is 18.6 Å². The first-order valence-electron chi connectivity index (χ1n) is 4.91. The Bertz CT molecular complexity index is 381. The lowest BCUT2D eigenvalue weighted by molar-refractivity contribution is -0.121. The van der Waals surface area contributed by atoms with Gasteiger partial charge in [0.1, 0.15) is 5.82 Å². The van der Waals surface area contributed by atoms with Crippen LogP contribution in [0.3, 0.4) is 0 Å².